The highest BCUT2D eigenvalue weighted by Gasteiger charge is 2.26. The Bertz CT molecular complexity index is 607. The van der Waals surface area contributed by atoms with Gasteiger partial charge in [0.15, 0.2) is 0 Å². The largest absolute Gasteiger partial charge is 0.320 e. The Balaban J connectivity index is 2.58. The zero-order chi connectivity index (χ0) is 31.7. The van der Waals surface area contributed by atoms with Crippen LogP contribution in [-0.4, -0.2) is 24.1 Å². The molecule has 0 bridgehead atoms. The van der Waals surface area contributed by atoms with E-state index in [0.29, 0.717) is 0 Å². The van der Waals surface area contributed by atoms with E-state index in [2.05, 4.69) is 51.1 Å². The molecule has 0 heterocycles. The summed E-state index contributed by atoms with van der Waals surface area (Å²) >= 11 is 0. The molecule has 0 aliphatic carbocycles. The predicted octanol–water partition coefficient (Wildman–Crippen LogP) is 14.8. The molecule has 0 fully saturated rings. The minimum Gasteiger partial charge on any atom is -0.320 e. The standard InChI is InChI=1S/C43H82N/c1-4-7-10-13-16-19-22-25-28-34-39-44(42-43-37-32-31-33-38-43,40-35-29-26-23-20-17-14-11-8-5-2)41-36-30-27-24-21-18-15-12-9-6-3/h31-33,37-38H,4-30,34-36,39-42H2,1-3H3/q+1. The highest BCUT2D eigenvalue weighted by molar-refractivity contribution is 5.13. The maximum absolute atomic E-state index is 2.41. The van der Waals surface area contributed by atoms with Crippen LogP contribution in [0.2, 0.25) is 0 Å². The van der Waals surface area contributed by atoms with Crippen LogP contribution in [0, 0.1) is 0 Å². The highest BCUT2D eigenvalue weighted by Crippen LogP contribution is 2.23. The number of unbranched alkanes of at least 4 members (excludes halogenated alkanes) is 27. The van der Waals surface area contributed by atoms with Gasteiger partial charge >= 0.3 is 0 Å². The first-order valence-corrected chi connectivity index (χ1v) is 20.7. The molecule has 0 atom stereocenters. The fourth-order valence-electron chi connectivity index (χ4n) is 7.35. The molecular formula is C43H82N+. The van der Waals surface area contributed by atoms with E-state index in [1.54, 1.807) is 5.56 Å². The van der Waals surface area contributed by atoms with E-state index in [0.717, 1.165) is 0 Å². The van der Waals surface area contributed by atoms with Crippen LogP contribution in [0.3, 0.4) is 0 Å². The van der Waals surface area contributed by atoms with E-state index in [4.69, 9.17) is 0 Å². The number of hydrogen-bond donors (Lipinski definition) is 0. The minimum atomic E-state index is 1.26. The lowest BCUT2D eigenvalue weighted by atomic mass is 10.0. The molecule has 0 radical (unpaired) electrons. The number of quaternary nitrogens is 1. The van der Waals surface area contributed by atoms with Gasteiger partial charge in [-0.15, -0.1) is 0 Å². The average molecular weight is 613 g/mol. The molecule has 0 aliphatic rings. The van der Waals surface area contributed by atoms with Crippen LogP contribution in [0.15, 0.2) is 30.3 Å². The number of rotatable bonds is 35. The molecule has 1 aromatic carbocycles. The molecule has 258 valence electrons. The summed E-state index contributed by atoms with van der Waals surface area (Å²) in [6.07, 6.45) is 43.3. The van der Waals surface area contributed by atoms with E-state index in [9.17, 15) is 0 Å². The van der Waals surface area contributed by atoms with E-state index in [-0.39, 0.29) is 0 Å². The predicted molar refractivity (Wildman–Crippen MR) is 201 cm³/mol. The summed E-state index contributed by atoms with van der Waals surface area (Å²) in [5.74, 6) is 0. The number of nitrogens with zero attached hydrogens (tertiary/aromatic N) is 1. The van der Waals surface area contributed by atoms with Crippen molar-refractivity contribution in [3.8, 4) is 0 Å². The van der Waals surface area contributed by atoms with Gasteiger partial charge in [0, 0.05) is 5.56 Å². The molecule has 0 amide bonds. The van der Waals surface area contributed by atoms with Crippen molar-refractivity contribution in [3.63, 3.8) is 0 Å². The average Bonchev–Trinajstić information content (AvgIpc) is 3.04. The molecule has 0 saturated carbocycles. The van der Waals surface area contributed by atoms with Crippen molar-refractivity contribution >= 4 is 0 Å². The van der Waals surface area contributed by atoms with Crippen LogP contribution in [0.4, 0.5) is 0 Å². The Morgan fingerprint density at radius 3 is 0.841 bits per heavy atom. The third-order valence-electron chi connectivity index (χ3n) is 10.3. The molecule has 1 rings (SSSR count). The van der Waals surface area contributed by atoms with Gasteiger partial charge in [-0.2, -0.15) is 0 Å². The van der Waals surface area contributed by atoms with Crippen LogP contribution >= 0.6 is 0 Å². The van der Waals surface area contributed by atoms with Crippen LogP contribution in [0.5, 0.6) is 0 Å². The van der Waals surface area contributed by atoms with Crippen LogP contribution in [-0.2, 0) is 6.54 Å². The van der Waals surface area contributed by atoms with Gasteiger partial charge in [0.1, 0.15) is 6.54 Å². The van der Waals surface area contributed by atoms with Crippen LogP contribution in [0.25, 0.3) is 0 Å². The van der Waals surface area contributed by atoms with Gasteiger partial charge in [-0.1, -0.05) is 205 Å². The van der Waals surface area contributed by atoms with Gasteiger partial charge < -0.3 is 4.48 Å². The minimum absolute atomic E-state index is 1.26. The second-order valence-electron chi connectivity index (χ2n) is 14.7. The number of hydrogen-bond acceptors (Lipinski definition) is 0. The lowest BCUT2D eigenvalue weighted by molar-refractivity contribution is -0.941. The van der Waals surface area contributed by atoms with Crippen molar-refractivity contribution in [3.05, 3.63) is 35.9 Å². The molecule has 44 heavy (non-hydrogen) atoms. The molecule has 1 nitrogen and oxygen atoms in total. The van der Waals surface area contributed by atoms with Crippen molar-refractivity contribution in [1.29, 1.82) is 0 Å². The molecule has 0 unspecified atom stereocenters. The monoisotopic (exact) mass is 613 g/mol. The van der Waals surface area contributed by atoms with E-state index < -0.39 is 0 Å². The van der Waals surface area contributed by atoms with Gasteiger partial charge in [-0.25, -0.2) is 0 Å². The van der Waals surface area contributed by atoms with Crippen molar-refractivity contribution < 1.29 is 4.48 Å². The molecule has 1 aromatic rings. The van der Waals surface area contributed by atoms with Crippen molar-refractivity contribution in [2.75, 3.05) is 19.6 Å². The zero-order valence-electron chi connectivity index (χ0n) is 30.9. The Hall–Kier alpha value is -0.820. The summed E-state index contributed by atoms with van der Waals surface area (Å²) in [6.45, 7) is 12.4. The summed E-state index contributed by atoms with van der Waals surface area (Å²) < 4.78 is 1.36. The second kappa shape index (κ2) is 32.1. The van der Waals surface area contributed by atoms with Crippen LogP contribution < -0.4 is 0 Å². The summed E-state index contributed by atoms with van der Waals surface area (Å²) in [6, 6.07) is 11.5. The summed E-state index contributed by atoms with van der Waals surface area (Å²) in [4.78, 5) is 0. The van der Waals surface area contributed by atoms with Gasteiger partial charge in [0.25, 0.3) is 0 Å². The smallest absolute Gasteiger partial charge is 0.104 e. The molecule has 0 aliphatic heterocycles. The van der Waals surface area contributed by atoms with Crippen LogP contribution in [0.1, 0.15) is 219 Å². The maximum atomic E-state index is 2.41. The third kappa shape index (κ3) is 25.4. The fourth-order valence-corrected chi connectivity index (χ4v) is 7.35. The van der Waals surface area contributed by atoms with Crippen molar-refractivity contribution in [2.24, 2.45) is 0 Å². The normalized spacial score (nSPS) is 11.9. The molecule has 1 heteroatoms. The first kappa shape index (κ1) is 41.2. The number of benzene rings is 1. The fraction of sp³-hybridized carbons (Fsp3) is 0.860. The quantitative estimate of drug-likeness (QED) is 0.0528. The summed E-state index contributed by atoms with van der Waals surface area (Å²) in [5, 5.41) is 0. The van der Waals surface area contributed by atoms with Crippen molar-refractivity contribution in [1.82, 2.24) is 0 Å². The Morgan fingerprint density at radius 1 is 0.318 bits per heavy atom. The van der Waals surface area contributed by atoms with Gasteiger partial charge in [0.2, 0.25) is 0 Å². The first-order valence-electron chi connectivity index (χ1n) is 20.7. The van der Waals surface area contributed by atoms with E-state index in [1.165, 1.54) is 223 Å². The molecule has 0 spiro atoms. The molecule has 0 N–H and O–H groups in total. The highest BCUT2D eigenvalue weighted by atomic mass is 15.3. The lowest BCUT2D eigenvalue weighted by Gasteiger charge is -2.39. The molecule has 0 saturated heterocycles. The molecule has 0 aromatic heterocycles. The van der Waals surface area contributed by atoms with Gasteiger partial charge in [-0.3, -0.25) is 0 Å². The maximum Gasteiger partial charge on any atom is 0.104 e. The Morgan fingerprint density at radius 2 is 0.568 bits per heavy atom. The topological polar surface area (TPSA) is 0 Å². The van der Waals surface area contributed by atoms with Gasteiger partial charge in [0.05, 0.1) is 19.6 Å². The Kier molecular flexibility index (Phi) is 30.1. The molecular weight excluding hydrogens is 530 g/mol. The Labute approximate surface area is 279 Å². The van der Waals surface area contributed by atoms with E-state index >= 15 is 0 Å². The van der Waals surface area contributed by atoms with Gasteiger partial charge in [-0.05, 0) is 38.5 Å². The SMILES string of the molecule is CCCCCCCCCCCC[N+](CCCCCCCCCCCC)(CCCCCCCCCCCC)Cc1ccccc1. The lowest BCUT2D eigenvalue weighted by Crippen LogP contribution is -2.49. The summed E-state index contributed by atoms with van der Waals surface area (Å²) in [7, 11) is 0. The summed E-state index contributed by atoms with van der Waals surface area (Å²) in [5.41, 5.74) is 1.57. The third-order valence-corrected chi connectivity index (χ3v) is 10.3. The first-order chi connectivity index (χ1) is 21.8. The second-order valence-corrected chi connectivity index (χ2v) is 14.7. The van der Waals surface area contributed by atoms with E-state index in [1.807, 2.05) is 0 Å². The zero-order valence-corrected chi connectivity index (χ0v) is 30.9. The van der Waals surface area contributed by atoms with Crippen molar-refractivity contribution in [2.45, 2.75) is 220 Å².